The predicted octanol–water partition coefficient (Wildman–Crippen LogP) is 3.15. The first-order chi connectivity index (χ1) is 10.1. The van der Waals surface area contributed by atoms with Crippen molar-refractivity contribution in [3.8, 4) is 5.75 Å². The van der Waals surface area contributed by atoms with Gasteiger partial charge in [-0.05, 0) is 25.0 Å². The number of nitrogens with zero attached hydrogens (tertiary/aromatic N) is 1. The van der Waals surface area contributed by atoms with Gasteiger partial charge in [0.25, 0.3) is 0 Å². The number of aryl methyl sites for hydroxylation is 1. The molecule has 1 aromatic carbocycles. The Hall–Kier alpha value is -2.15. The van der Waals surface area contributed by atoms with Crippen LogP contribution in [0.5, 0.6) is 5.75 Å². The lowest BCUT2D eigenvalue weighted by Gasteiger charge is -2.07. The molecule has 110 valence electrons. The average Bonchev–Trinajstić information content (AvgIpc) is 3.00. The van der Waals surface area contributed by atoms with Crippen molar-refractivity contribution in [2.24, 2.45) is 0 Å². The first-order valence-corrected chi connectivity index (χ1v) is 7.23. The molecule has 7 heteroatoms. The van der Waals surface area contributed by atoms with E-state index in [0.717, 1.165) is 11.3 Å². The lowest BCUT2D eigenvalue weighted by molar-refractivity contribution is -0.138. The van der Waals surface area contributed by atoms with Crippen molar-refractivity contribution in [2.45, 2.75) is 18.8 Å². The van der Waals surface area contributed by atoms with Gasteiger partial charge in [0.15, 0.2) is 16.7 Å². The van der Waals surface area contributed by atoms with Crippen molar-refractivity contribution >= 4 is 28.1 Å². The number of aliphatic carboxylic acids is 1. The second-order valence-electron chi connectivity index (χ2n) is 4.73. The normalized spacial score (nSPS) is 16.6. The second kappa shape index (κ2) is 5.33. The number of fused-ring (bicyclic) bond motifs is 1. The Morgan fingerprint density at radius 1 is 1.57 bits per heavy atom. The van der Waals surface area contributed by atoms with Gasteiger partial charge in [0.2, 0.25) is 0 Å². The maximum absolute atomic E-state index is 13.3. The quantitative estimate of drug-likeness (QED) is 0.908. The van der Waals surface area contributed by atoms with Crippen LogP contribution in [0.3, 0.4) is 0 Å². The van der Waals surface area contributed by atoms with Gasteiger partial charge in [-0.2, -0.15) is 0 Å². The highest BCUT2D eigenvalue weighted by Crippen LogP contribution is 2.39. The molecular weight excluding hydrogens is 295 g/mol. The van der Waals surface area contributed by atoms with Gasteiger partial charge in [-0.1, -0.05) is 0 Å². The molecule has 2 N–H and O–H groups in total. The van der Waals surface area contributed by atoms with Crippen LogP contribution in [0.15, 0.2) is 18.2 Å². The molecule has 2 aromatic rings. The van der Waals surface area contributed by atoms with Gasteiger partial charge in [-0.3, -0.25) is 4.79 Å². The van der Waals surface area contributed by atoms with Gasteiger partial charge in [0, 0.05) is 16.6 Å². The number of methoxy groups -OCH3 is 1. The number of nitrogens with one attached hydrogen (secondary N) is 1. The summed E-state index contributed by atoms with van der Waals surface area (Å²) in [6.45, 7) is 0. The van der Waals surface area contributed by atoms with Crippen LogP contribution in [0.1, 0.15) is 22.9 Å². The number of thiazole rings is 1. The van der Waals surface area contributed by atoms with Gasteiger partial charge in [-0.25, -0.2) is 9.37 Å². The van der Waals surface area contributed by atoms with Crippen molar-refractivity contribution in [2.75, 3.05) is 12.4 Å². The molecule has 1 heterocycles. The number of rotatable bonds is 4. The summed E-state index contributed by atoms with van der Waals surface area (Å²) in [5.74, 6) is -1.65. The van der Waals surface area contributed by atoms with E-state index in [-0.39, 0.29) is 5.75 Å². The topological polar surface area (TPSA) is 71.5 Å². The predicted molar refractivity (Wildman–Crippen MR) is 77.0 cm³/mol. The molecule has 1 aliphatic rings. The highest BCUT2D eigenvalue weighted by molar-refractivity contribution is 7.15. The number of ether oxygens (including phenoxy) is 1. The third kappa shape index (κ3) is 2.56. The van der Waals surface area contributed by atoms with Crippen LogP contribution in [0, 0.1) is 5.82 Å². The van der Waals surface area contributed by atoms with Gasteiger partial charge < -0.3 is 15.2 Å². The van der Waals surface area contributed by atoms with Gasteiger partial charge >= 0.3 is 5.97 Å². The average molecular weight is 308 g/mol. The summed E-state index contributed by atoms with van der Waals surface area (Å²) in [6, 6.07) is 4.43. The zero-order valence-corrected chi connectivity index (χ0v) is 12.0. The minimum absolute atomic E-state index is 0.146. The monoisotopic (exact) mass is 308 g/mol. The van der Waals surface area contributed by atoms with Crippen LogP contribution in [0.4, 0.5) is 15.2 Å². The number of carboxylic acid groups (broad SMARTS) is 1. The van der Waals surface area contributed by atoms with E-state index in [2.05, 4.69) is 10.3 Å². The van der Waals surface area contributed by atoms with Gasteiger partial charge in [0.1, 0.15) is 5.92 Å². The van der Waals surface area contributed by atoms with Crippen LogP contribution in [-0.2, 0) is 11.2 Å². The summed E-state index contributed by atoms with van der Waals surface area (Å²) in [5, 5.41) is 12.8. The maximum Gasteiger partial charge on any atom is 0.312 e. The summed E-state index contributed by atoms with van der Waals surface area (Å²) in [6.07, 6.45) is 1.34. The van der Waals surface area contributed by atoms with Crippen LogP contribution >= 0.6 is 11.3 Å². The molecule has 21 heavy (non-hydrogen) atoms. The van der Waals surface area contributed by atoms with Crippen LogP contribution < -0.4 is 10.1 Å². The molecular formula is C14H13FN2O3S. The maximum atomic E-state index is 13.3. The molecule has 5 nitrogen and oxygen atoms in total. The van der Waals surface area contributed by atoms with Crippen molar-refractivity contribution < 1.29 is 19.0 Å². The van der Waals surface area contributed by atoms with E-state index >= 15 is 0 Å². The zero-order chi connectivity index (χ0) is 15.0. The first-order valence-electron chi connectivity index (χ1n) is 6.41. The van der Waals surface area contributed by atoms with E-state index in [9.17, 15) is 9.18 Å². The van der Waals surface area contributed by atoms with E-state index in [0.29, 0.717) is 22.9 Å². The lowest BCUT2D eigenvalue weighted by atomic mass is 10.1. The molecule has 0 aliphatic heterocycles. The summed E-state index contributed by atoms with van der Waals surface area (Å²) in [4.78, 5) is 16.5. The second-order valence-corrected chi connectivity index (χ2v) is 5.81. The third-order valence-electron chi connectivity index (χ3n) is 3.42. The van der Waals surface area contributed by atoms with E-state index in [1.807, 2.05) is 0 Å². The Kier molecular flexibility index (Phi) is 3.50. The number of halogens is 1. The Morgan fingerprint density at radius 3 is 3.10 bits per heavy atom. The van der Waals surface area contributed by atoms with E-state index < -0.39 is 17.7 Å². The molecule has 0 radical (unpaired) electrons. The number of benzene rings is 1. The number of hydrogen-bond acceptors (Lipinski definition) is 5. The van der Waals surface area contributed by atoms with Gasteiger partial charge in [-0.15, -0.1) is 11.3 Å². The molecule has 1 aromatic heterocycles. The fourth-order valence-electron chi connectivity index (χ4n) is 2.38. The molecule has 3 rings (SSSR count). The van der Waals surface area contributed by atoms with E-state index in [1.165, 1.54) is 30.6 Å². The molecule has 0 fully saturated rings. The smallest absolute Gasteiger partial charge is 0.312 e. The molecule has 1 aliphatic carbocycles. The highest BCUT2D eigenvalue weighted by Gasteiger charge is 2.32. The molecule has 0 bridgehead atoms. The molecule has 0 saturated heterocycles. The largest absolute Gasteiger partial charge is 0.494 e. The Labute approximate surface area is 124 Å². The number of aromatic nitrogens is 1. The van der Waals surface area contributed by atoms with Crippen LogP contribution in [0.2, 0.25) is 0 Å². The standard InChI is InChI=1S/C14H13FN2O3S/c1-20-10-6-7(2-4-9(10)15)16-14-17-12-8(13(18)19)3-5-11(12)21-14/h2,4,6,8H,3,5H2,1H3,(H,16,17)(H,18,19). The zero-order valence-electron chi connectivity index (χ0n) is 11.2. The van der Waals surface area contributed by atoms with Crippen molar-refractivity contribution in [3.63, 3.8) is 0 Å². The Balaban J connectivity index is 1.84. The summed E-state index contributed by atoms with van der Waals surface area (Å²) in [7, 11) is 1.40. The fraction of sp³-hybridized carbons (Fsp3) is 0.286. The lowest BCUT2D eigenvalue weighted by Crippen LogP contribution is -2.08. The summed E-state index contributed by atoms with van der Waals surface area (Å²) < 4.78 is 18.3. The van der Waals surface area contributed by atoms with Crippen molar-refractivity contribution in [3.05, 3.63) is 34.6 Å². The van der Waals surface area contributed by atoms with Crippen molar-refractivity contribution in [1.82, 2.24) is 4.98 Å². The number of anilines is 2. The fourth-order valence-corrected chi connectivity index (χ4v) is 3.44. The van der Waals surface area contributed by atoms with Crippen LogP contribution in [0.25, 0.3) is 0 Å². The van der Waals surface area contributed by atoms with Crippen LogP contribution in [-0.4, -0.2) is 23.2 Å². The Morgan fingerprint density at radius 2 is 2.38 bits per heavy atom. The van der Waals surface area contributed by atoms with Crippen molar-refractivity contribution in [1.29, 1.82) is 0 Å². The highest BCUT2D eigenvalue weighted by atomic mass is 32.1. The number of carbonyl (C=O) groups is 1. The van der Waals surface area contributed by atoms with Gasteiger partial charge in [0.05, 0.1) is 12.8 Å². The number of carboxylic acids is 1. The molecule has 1 atom stereocenters. The molecule has 0 spiro atoms. The minimum atomic E-state index is -0.839. The summed E-state index contributed by atoms with van der Waals surface area (Å²) in [5.41, 5.74) is 1.29. The van der Waals surface area contributed by atoms with E-state index in [1.54, 1.807) is 6.07 Å². The molecule has 0 amide bonds. The molecule has 1 unspecified atom stereocenters. The number of hydrogen-bond donors (Lipinski definition) is 2. The summed E-state index contributed by atoms with van der Waals surface area (Å²) >= 11 is 1.44. The first kappa shape index (κ1) is 13.8. The SMILES string of the molecule is COc1cc(Nc2nc3c(s2)CCC3C(=O)O)ccc1F. The van der Waals surface area contributed by atoms with E-state index in [4.69, 9.17) is 9.84 Å². The third-order valence-corrected chi connectivity index (χ3v) is 4.46. The Bertz CT molecular complexity index is 702. The molecule has 0 saturated carbocycles. The minimum Gasteiger partial charge on any atom is -0.494 e.